The smallest absolute Gasteiger partial charge is 0.200 e. The highest BCUT2D eigenvalue weighted by molar-refractivity contribution is 6.12. The molecule has 0 bridgehead atoms. The van der Waals surface area contributed by atoms with Crippen LogP contribution in [0.15, 0.2) is 36.4 Å². The highest BCUT2D eigenvalue weighted by atomic mass is 19.1. The quantitative estimate of drug-likeness (QED) is 0.806. The van der Waals surface area contributed by atoms with E-state index in [1.165, 1.54) is 26.4 Å². The van der Waals surface area contributed by atoms with Crippen LogP contribution in [-0.4, -0.2) is 20.0 Å². The number of hydrogen-bond acceptors (Lipinski definition) is 3. The molecule has 0 aliphatic rings. The lowest BCUT2D eigenvalue weighted by Crippen LogP contribution is -2.06. The van der Waals surface area contributed by atoms with Gasteiger partial charge in [-0.15, -0.1) is 0 Å². The lowest BCUT2D eigenvalue weighted by atomic mass is 10.0. The van der Waals surface area contributed by atoms with Crippen molar-refractivity contribution in [2.45, 2.75) is 0 Å². The molecular formula is C15H12F2O3. The number of rotatable bonds is 4. The van der Waals surface area contributed by atoms with E-state index in [0.717, 1.165) is 24.3 Å². The molecule has 5 heteroatoms. The fourth-order valence-corrected chi connectivity index (χ4v) is 1.85. The van der Waals surface area contributed by atoms with Gasteiger partial charge in [-0.25, -0.2) is 8.78 Å². The summed E-state index contributed by atoms with van der Waals surface area (Å²) in [4.78, 5) is 12.4. The summed E-state index contributed by atoms with van der Waals surface area (Å²) in [5.74, 6) is -1.23. The summed E-state index contributed by atoms with van der Waals surface area (Å²) in [6.07, 6.45) is 0. The van der Waals surface area contributed by atoms with Crippen molar-refractivity contribution < 1.29 is 23.0 Å². The third-order valence-corrected chi connectivity index (χ3v) is 2.82. The number of carbonyl (C=O) groups excluding carboxylic acids is 1. The molecule has 104 valence electrons. The summed E-state index contributed by atoms with van der Waals surface area (Å²) < 4.78 is 36.2. The molecule has 3 nitrogen and oxygen atoms in total. The number of hydrogen-bond donors (Lipinski definition) is 0. The van der Waals surface area contributed by atoms with Crippen LogP contribution in [-0.2, 0) is 0 Å². The Hall–Kier alpha value is -2.43. The SMILES string of the molecule is COc1cc(F)ccc1C(=O)c1ccc(F)cc1OC. The minimum Gasteiger partial charge on any atom is -0.496 e. The van der Waals surface area contributed by atoms with Crippen molar-refractivity contribution in [1.29, 1.82) is 0 Å². The summed E-state index contributed by atoms with van der Waals surface area (Å²) in [5.41, 5.74) is 0.359. The van der Waals surface area contributed by atoms with E-state index < -0.39 is 17.4 Å². The normalized spacial score (nSPS) is 10.2. The van der Waals surface area contributed by atoms with Crippen molar-refractivity contribution >= 4 is 5.78 Å². The van der Waals surface area contributed by atoms with Crippen LogP contribution in [0.1, 0.15) is 15.9 Å². The van der Waals surface area contributed by atoms with Gasteiger partial charge < -0.3 is 9.47 Å². The van der Waals surface area contributed by atoms with Crippen LogP contribution in [0.4, 0.5) is 8.78 Å². The Morgan fingerprint density at radius 1 is 0.850 bits per heavy atom. The maximum Gasteiger partial charge on any atom is 0.200 e. The number of ketones is 1. The first-order valence-corrected chi connectivity index (χ1v) is 5.78. The number of ether oxygens (including phenoxy) is 2. The van der Waals surface area contributed by atoms with Gasteiger partial charge in [-0.1, -0.05) is 0 Å². The molecule has 2 rings (SSSR count). The minimum atomic E-state index is -0.510. The summed E-state index contributed by atoms with van der Waals surface area (Å²) in [6, 6.07) is 7.18. The number of carbonyl (C=O) groups is 1. The Bertz CT molecular complexity index is 598. The lowest BCUT2D eigenvalue weighted by Gasteiger charge is -2.10. The Morgan fingerprint density at radius 2 is 1.25 bits per heavy atom. The van der Waals surface area contributed by atoms with Crippen LogP contribution < -0.4 is 9.47 Å². The van der Waals surface area contributed by atoms with Crippen molar-refractivity contribution in [3.8, 4) is 11.5 Å². The molecule has 0 amide bonds. The van der Waals surface area contributed by atoms with E-state index in [9.17, 15) is 13.6 Å². The molecule has 0 atom stereocenters. The highest BCUT2D eigenvalue weighted by Crippen LogP contribution is 2.27. The summed E-state index contributed by atoms with van der Waals surface area (Å²) in [5, 5.41) is 0. The molecule has 0 fully saturated rings. The summed E-state index contributed by atoms with van der Waals surface area (Å²) in [7, 11) is 2.68. The zero-order valence-electron chi connectivity index (χ0n) is 10.9. The Morgan fingerprint density at radius 3 is 1.60 bits per heavy atom. The number of methoxy groups -OCH3 is 2. The van der Waals surface area contributed by atoms with Gasteiger partial charge in [-0.2, -0.15) is 0 Å². The van der Waals surface area contributed by atoms with Crippen LogP contribution in [0.25, 0.3) is 0 Å². The standard InChI is InChI=1S/C15H12F2O3/c1-19-13-7-9(16)3-5-11(13)15(18)12-6-4-10(17)8-14(12)20-2/h3-8H,1-2H3. The average Bonchev–Trinajstić information content (AvgIpc) is 2.46. The van der Waals surface area contributed by atoms with Crippen LogP contribution in [0.2, 0.25) is 0 Å². The first kappa shape index (κ1) is 14.0. The van der Waals surface area contributed by atoms with Gasteiger partial charge in [-0.05, 0) is 24.3 Å². The van der Waals surface area contributed by atoms with Gasteiger partial charge in [-0.3, -0.25) is 4.79 Å². The topological polar surface area (TPSA) is 35.5 Å². The van der Waals surface area contributed by atoms with Crippen molar-refractivity contribution in [3.63, 3.8) is 0 Å². The average molecular weight is 278 g/mol. The molecule has 0 saturated carbocycles. The molecular weight excluding hydrogens is 266 g/mol. The fraction of sp³-hybridized carbons (Fsp3) is 0.133. The Kier molecular flexibility index (Phi) is 3.98. The van der Waals surface area contributed by atoms with Crippen LogP contribution in [0.5, 0.6) is 11.5 Å². The zero-order chi connectivity index (χ0) is 14.7. The number of benzene rings is 2. The highest BCUT2D eigenvalue weighted by Gasteiger charge is 2.19. The van der Waals surface area contributed by atoms with Crippen molar-refractivity contribution in [2.75, 3.05) is 14.2 Å². The van der Waals surface area contributed by atoms with Gasteiger partial charge in [0.05, 0.1) is 25.3 Å². The first-order valence-electron chi connectivity index (χ1n) is 5.78. The second kappa shape index (κ2) is 5.69. The molecule has 0 spiro atoms. The second-order valence-corrected chi connectivity index (χ2v) is 4.02. The van der Waals surface area contributed by atoms with Crippen LogP contribution in [0, 0.1) is 11.6 Å². The molecule has 2 aromatic carbocycles. The van der Waals surface area contributed by atoms with Gasteiger partial charge in [0.2, 0.25) is 0 Å². The van der Waals surface area contributed by atoms with E-state index in [0.29, 0.717) is 0 Å². The first-order chi connectivity index (χ1) is 9.56. The van der Waals surface area contributed by atoms with Crippen LogP contribution in [0.3, 0.4) is 0 Å². The molecule has 20 heavy (non-hydrogen) atoms. The third-order valence-electron chi connectivity index (χ3n) is 2.82. The molecule has 0 radical (unpaired) electrons. The lowest BCUT2D eigenvalue weighted by molar-refractivity contribution is 0.103. The van der Waals surface area contributed by atoms with E-state index in [1.54, 1.807) is 0 Å². The third kappa shape index (κ3) is 2.61. The van der Waals surface area contributed by atoms with Gasteiger partial charge in [0.1, 0.15) is 23.1 Å². The van der Waals surface area contributed by atoms with Crippen LogP contribution >= 0.6 is 0 Å². The molecule has 2 aromatic rings. The second-order valence-electron chi connectivity index (χ2n) is 4.02. The Labute approximate surface area is 114 Å². The van der Waals surface area contributed by atoms with Gasteiger partial charge in [0, 0.05) is 12.1 Å². The monoisotopic (exact) mass is 278 g/mol. The van der Waals surface area contributed by atoms with Gasteiger partial charge in [0.15, 0.2) is 5.78 Å². The zero-order valence-corrected chi connectivity index (χ0v) is 10.9. The van der Waals surface area contributed by atoms with Crippen molar-refractivity contribution in [3.05, 3.63) is 59.2 Å². The molecule has 0 unspecified atom stereocenters. The van der Waals surface area contributed by atoms with E-state index in [4.69, 9.17) is 9.47 Å². The summed E-state index contributed by atoms with van der Waals surface area (Å²) in [6.45, 7) is 0. The van der Waals surface area contributed by atoms with E-state index in [1.807, 2.05) is 0 Å². The Balaban J connectivity index is 2.51. The van der Waals surface area contributed by atoms with Gasteiger partial charge >= 0.3 is 0 Å². The van der Waals surface area contributed by atoms with E-state index >= 15 is 0 Å². The molecule has 0 N–H and O–H groups in total. The van der Waals surface area contributed by atoms with Crippen molar-refractivity contribution in [2.24, 2.45) is 0 Å². The maximum atomic E-state index is 13.1. The minimum absolute atomic E-state index is 0.112. The molecule has 0 aromatic heterocycles. The maximum absolute atomic E-state index is 13.1. The summed E-state index contributed by atoms with van der Waals surface area (Å²) >= 11 is 0. The van der Waals surface area contributed by atoms with E-state index in [-0.39, 0.29) is 22.6 Å². The number of halogens is 2. The van der Waals surface area contributed by atoms with E-state index in [2.05, 4.69) is 0 Å². The predicted molar refractivity (Wildman–Crippen MR) is 69.3 cm³/mol. The van der Waals surface area contributed by atoms with Gasteiger partial charge in [0.25, 0.3) is 0 Å². The predicted octanol–water partition coefficient (Wildman–Crippen LogP) is 3.21. The molecule has 0 heterocycles. The molecule has 0 aliphatic heterocycles. The fourth-order valence-electron chi connectivity index (χ4n) is 1.85. The largest absolute Gasteiger partial charge is 0.496 e. The molecule has 0 aliphatic carbocycles. The van der Waals surface area contributed by atoms with Crippen molar-refractivity contribution in [1.82, 2.24) is 0 Å². The molecule has 0 saturated heterocycles.